The predicted octanol–water partition coefficient (Wildman–Crippen LogP) is 1.18. The minimum Gasteiger partial charge on any atom is -0.309 e. The van der Waals surface area contributed by atoms with Crippen molar-refractivity contribution >= 4 is 20.2 Å². The van der Waals surface area contributed by atoms with Crippen molar-refractivity contribution in [2.24, 2.45) is 0 Å². The molecule has 0 fully saturated rings. The van der Waals surface area contributed by atoms with Gasteiger partial charge in [0.15, 0.2) is 0 Å². The quantitative estimate of drug-likeness (QED) is 0.457. The van der Waals surface area contributed by atoms with E-state index in [1.165, 1.54) is 0 Å². The molecule has 0 saturated heterocycles. The highest BCUT2D eigenvalue weighted by molar-refractivity contribution is 7.97. The Balaban J connectivity index is 3.36. The predicted molar refractivity (Wildman–Crippen MR) is 22.8 cm³/mol. The Labute approximate surface area is 43.2 Å². The maximum absolute atomic E-state index is 11.1. The summed E-state index contributed by atoms with van der Waals surface area (Å²) >= 11 is -0.730. The molecular formula is H2F2NO2PS. The van der Waals surface area contributed by atoms with Crippen molar-refractivity contribution in [2.75, 3.05) is 0 Å². The van der Waals surface area contributed by atoms with E-state index in [0.29, 0.717) is 0 Å². The van der Waals surface area contributed by atoms with Crippen molar-refractivity contribution in [3.05, 3.63) is 0 Å². The first-order valence-corrected chi connectivity index (χ1v) is 3.40. The number of rotatable bonds is 2. The Hall–Kier alpha value is 0.360. The standard InChI is InChI=1S/F2H2NO2PS/c1-6(4,5)3-7-2/h(H2,3,4,5). The number of halogens is 2. The molecule has 0 aromatic carbocycles. The van der Waals surface area contributed by atoms with Crippen LogP contribution in [0.5, 0.6) is 0 Å². The van der Waals surface area contributed by atoms with Gasteiger partial charge >= 0.3 is 7.83 Å². The van der Waals surface area contributed by atoms with Crippen molar-refractivity contribution in [1.82, 2.24) is 4.49 Å². The summed E-state index contributed by atoms with van der Waals surface area (Å²) in [6.07, 6.45) is 0. The van der Waals surface area contributed by atoms with E-state index in [1.54, 1.807) is 0 Å². The molecule has 0 aliphatic carbocycles. The average Bonchev–Trinajstić information content (AvgIpc) is 1.30. The van der Waals surface area contributed by atoms with Crippen LogP contribution in [0.4, 0.5) is 8.08 Å². The Bertz CT molecular complexity index is 89.7. The third kappa shape index (κ3) is 6.36. The Kier molecular flexibility index (Phi) is 2.75. The van der Waals surface area contributed by atoms with Crippen LogP contribution in [0.1, 0.15) is 0 Å². The molecule has 0 radical (unpaired) electrons. The Morgan fingerprint density at radius 3 is 2.29 bits per heavy atom. The molecule has 7 heavy (non-hydrogen) atoms. The van der Waals surface area contributed by atoms with Crippen molar-refractivity contribution in [3.8, 4) is 0 Å². The lowest BCUT2D eigenvalue weighted by Gasteiger charge is -1.92. The molecule has 7 heteroatoms. The monoisotopic (exact) mass is 149 g/mol. The highest BCUT2D eigenvalue weighted by atomic mass is 32.2. The topological polar surface area (TPSA) is 49.3 Å². The zero-order chi connectivity index (χ0) is 5.91. The molecule has 0 heterocycles. The summed E-state index contributed by atoms with van der Waals surface area (Å²) in [5, 5.41) is 0. The van der Waals surface area contributed by atoms with Gasteiger partial charge in [-0.2, -0.15) is 0 Å². The first-order chi connectivity index (χ1) is 3.06. The van der Waals surface area contributed by atoms with Crippen LogP contribution in [0, 0.1) is 0 Å². The summed E-state index contributed by atoms with van der Waals surface area (Å²) in [6.45, 7) is 0. The normalized spacial score (nSPS) is 18.7. The second-order valence-electron chi connectivity index (χ2n) is 0.670. The highest BCUT2D eigenvalue weighted by Gasteiger charge is 2.13. The van der Waals surface area contributed by atoms with E-state index < -0.39 is 20.2 Å². The molecular weight excluding hydrogens is 147 g/mol. The zero-order valence-electron chi connectivity index (χ0n) is 2.97. The van der Waals surface area contributed by atoms with E-state index in [0.717, 1.165) is 4.49 Å². The smallest absolute Gasteiger partial charge is 0.309 e. The molecule has 0 aliphatic heterocycles. The fraction of sp³-hybridized carbons (Fsp3) is 0. The average molecular weight is 149 g/mol. The molecule has 0 amide bonds. The molecule has 2 N–H and O–H groups in total. The maximum atomic E-state index is 11.1. The third-order valence-corrected chi connectivity index (χ3v) is 1.32. The lowest BCUT2D eigenvalue weighted by atomic mass is 13.9. The maximum Gasteiger partial charge on any atom is 0.451 e. The molecule has 0 saturated carbocycles. The summed E-state index contributed by atoms with van der Waals surface area (Å²) in [4.78, 5) is 7.53. The fourth-order valence-electron chi connectivity index (χ4n) is 0.0426. The van der Waals surface area contributed by atoms with Gasteiger partial charge in [0.25, 0.3) is 0 Å². The van der Waals surface area contributed by atoms with Crippen LogP contribution in [-0.2, 0) is 4.57 Å². The highest BCUT2D eigenvalue weighted by Crippen LogP contribution is 2.39. The minimum atomic E-state index is -4.83. The summed E-state index contributed by atoms with van der Waals surface area (Å²) in [7, 11) is -4.83. The van der Waals surface area contributed by atoms with Gasteiger partial charge in [-0.05, 0) is 0 Å². The van der Waals surface area contributed by atoms with Gasteiger partial charge in [0.1, 0.15) is 12.3 Å². The van der Waals surface area contributed by atoms with Gasteiger partial charge in [-0.3, -0.25) is 0 Å². The molecule has 0 aromatic heterocycles. The lowest BCUT2D eigenvalue weighted by molar-refractivity contribution is 0.426. The van der Waals surface area contributed by atoms with E-state index in [2.05, 4.69) is 0 Å². The molecule has 1 atom stereocenters. The molecule has 0 aliphatic rings. The van der Waals surface area contributed by atoms with Crippen LogP contribution >= 0.6 is 20.2 Å². The van der Waals surface area contributed by atoms with Crippen molar-refractivity contribution in [2.45, 2.75) is 0 Å². The number of hydrogen-bond donors (Lipinski definition) is 2. The van der Waals surface area contributed by atoms with Gasteiger partial charge in [0.05, 0.1) is 0 Å². The second-order valence-corrected chi connectivity index (χ2v) is 2.56. The van der Waals surface area contributed by atoms with Gasteiger partial charge in [0, 0.05) is 0 Å². The van der Waals surface area contributed by atoms with Crippen LogP contribution in [0.15, 0.2) is 0 Å². The summed E-state index contributed by atoms with van der Waals surface area (Å²) in [6, 6.07) is 0. The SMILES string of the molecule is O=P(O)(F)NSF. The number of nitrogens with one attached hydrogen (secondary N) is 1. The molecule has 3 nitrogen and oxygen atoms in total. The lowest BCUT2D eigenvalue weighted by Crippen LogP contribution is -1.89. The third-order valence-electron chi connectivity index (χ3n) is 0.147. The molecule has 1 unspecified atom stereocenters. The van der Waals surface area contributed by atoms with E-state index in [9.17, 15) is 12.6 Å². The Morgan fingerprint density at radius 2 is 2.29 bits per heavy atom. The van der Waals surface area contributed by atoms with E-state index >= 15 is 0 Å². The van der Waals surface area contributed by atoms with Crippen LogP contribution in [0.25, 0.3) is 0 Å². The molecule has 0 aromatic rings. The van der Waals surface area contributed by atoms with Crippen molar-refractivity contribution in [1.29, 1.82) is 0 Å². The van der Waals surface area contributed by atoms with Gasteiger partial charge < -0.3 is 4.89 Å². The summed E-state index contributed by atoms with van der Waals surface area (Å²) < 4.78 is 32.2. The summed E-state index contributed by atoms with van der Waals surface area (Å²) in [5.74, 6) is 0. The van der Waals surface area contributed by atoms with Gasteiger partial charge in [-0.15, -0.1) is 12.6 Å². The van der Waals surface area contributed by atoms with Gasteiger partial charge in [-0.25, -0.2) is 4.57 Å². The van der Waals surface area contributed by atoms with Crippen LogP contribution in [0.2, 0.25) is 0 Å². The molecule has 0 rings (SSSR count). The van der Waals surface area contributed by atoms with Crippen molar-refractivity contribution in [3.63, 3.8) is 0 Å². The first kappa shape index (κ1) is 7.36. The van der Waals surface area contributed by atoms with Gasteiger partial charge in [0.2, 0.25) is 0 Å². The first-order valence-electron chi connectivity index (χ1n) is 1.13. The van der Waals surface area contributed by atoms with Crippen LogP contribution in [-0.4, -0.2) is 4.89 Å². The van der Waals surface area contributed by atoms with Crippen LogP contribution < -0.4 is 4.49 Å². The van der Waals surface area contributed by atoms with E-state index in [4.69, 9.17) is 4.89 Å². The zero-order valence-corrected chi connectivity index (χ0v) is 4.68. The molecule has 0 spiro atoms. The van der Waals surface area contributed by atoms with E-state index in [1.807, 2.05) is 0 Å². The molecule has 0 bridgehead atoms. The summed E-state index contributed by atoms with van der Waals surface area (Å²) in [5.41, 5.74) is 0. The van der Waals surface area contributed by atoms with Gasteiger partial charge in [-0.1, -0.05) is 0 Å². The largest absolute Gasteiger partial charge is 0.451 e. The molecule has 44 valence electrons. The van der Waals surface area contributed by atoms with Crippen LogP contribution in [0.3, 0.4) is 0 Å². The Morgan fingerprint density at radius 1 is 1.86 bits per heavy atom. The minimum absolute atomic E-state index is 0.730. The van der Waals surface area contributed by atoms with E-state index in [-0.39, 0.29) is 0 Å². The second kappa shape index (κ2) is 2.61. The number of hydrogen-bond acceptors (Lipinski definition) is 2. The fourth-order valence-corrected chi connectivity index (χ4v) is 0.383. The van der Waals surface area contributed by atoms with Crippen molar-refractivity contribution < 1.29 is 17.5 Å².